The number of carboxylic acid groups (broad SMARTS) is 1. The van der Waals surface area contributed by atoms with Gasteiger partial charge in [-0.3, -0.25) is 9.59 Å². The number of hydrogen-bond donors (Lipinski definition) is 1. The van der Waals surface area contributed by atoms with Crippen molar-refractivity contribution in [2.75, 3.05) is 13.1 Å². The Labute approximate surface area is 105 Å². The molecule has 3 rings (SSSR count). The lowest BCUT2D eigenvalue weighted by Gasteiger charge is -2.31. The third kappa shape index (κ3) is 1.73. The normalized spacial score (nSPS) is 38.1. The predicted octanol–water partition coefficient (Wildman–Crippen LogP) is 0.653. The Morgan fingerprint density at radius 3 is 2.28 bits per heavy atom. The van der Waals surface area contributed by atoms with Crippen LogP contribution in [0, 0.1) is 11.8 Å². The number of carboxylic acids is 1. The fraction of sp³-hybridized carbons (Fsp3) is 0.692. The number of fused-ring (bicyclic) bond motifs is 2. The molecule has 2 saturated heterocycles. The summed E-state index contributed by atoms with van der Waals surface area (Å²) >= 11 is 0. The lowest BCUT2D eigenvalue weighted by Crippen LogP contribution is -2.46. The highest BCUT2D eigenvalue weighted by molar-refractivity contribution is 5.87. The van der Waals surface area contributed by atoms with Crippen LogP contribution in [0.3, 0.4) is 0 Å². The van der Waals surface area contributed by atoms with Crippen molar-refractivity contribution in [2.45, 2.75) is 31.5 Å². The predicted molar refractivity (Wildman–Crippen MR) is 62.8 cm³/mol. The molecule has 4 atom stereocenters. The maximum Gasteiger partial charge on any atom is 0.310 e. The zero-order valence-corrected chi connectivity index (χ0v) is 10.1. The van der Waals surface area contributed by atoms with Gasteiger partial charge in [-0.2, -0.15) is 0 Å². The third-order valence-corrected chi connectivity index (χ3v) is 4.14. The van der Waals surface area contributed by atoms with Crippen molar-refractivity contribution in [1.82, 2.24) is 4.90 Å². The molecule has 0 aromatic carbocycles. The summed E-state index contributed by atoms with van der Waals surface area (Å²) in [4.78, 5) is 25.6. The Morgan fingerprint density at radius 1 is 1.06 bits per heavy atom. The van der Waals surface area contributed by atoms with E-state index in [2.05, 4.69) is 0 Å². The summed E-state index contributed by atoms with van der Waals surface area (Å²) in [6, 6.07) is 0. The summed E-state index contributed by atoms with van der Waals surface area (Å²) in [6.07, 6.45) is 6.01. The van der Waals surface area contributed by atoms with E-state index in [1.54, 1.807) is 6.08 Å². The Hall–Kier alpha value is -1.36. The van der Waals surface area contributed by atoms with E-state index in [0.29, 0.717) is 0 Å². The summed E-state index contributed by atoms with van der Waals surface area (Å²) in [7, 11) is 0. The molecular weight excluding hydrogens is 234 g/mol. The van der Waals surface area contributed by atoms with Crippen LogP contribution >= 0.6 is 0 Å². The largest absolute Gasteiger partial charge is 0.481 e. The Kier molecular flexibility index (Phi) is 2.86. The first kappa shape index (κ1) is 11.7. The second kappa shape index (κ2) is 4.39. The van der Waals surface area contributed by atoms with Crippen molar-refractivity contribution in [2.24, 2.45) is 11.8 Å². The van der Waals surface area contributed by atoms with Gasteiger partial charge in [-0.05, 0) is 19.3 Å². The minimum atomic E-state index is -0.929. The molecule has 0 aliphatic carbocycles. The first-order valence-electron chi connectivity index (χ1n) is 6.54. The van der Waals surface area contributed by atoms with Crippen LogP contribution in [0.1, 0.15) is 19.3 Å². The molecule has 2 bridgehead atoms. The van der Waals surface area contributed by atoms with Gasteiger partial charge in [-0.15, -0.1) is 0 Å². The smallest absolute Gasteiger partial charge is 0.310 e. The highest BCUT2D eigenvalue weighted by Gasteiger charge is 2.54. The van der Waals surface area contributed by atoms with Crippen LogP contribution in [0.25, 0.3) is 0 Å². The van der Waals surface area contributed by atoms with Gasteiger partial charge in [0.25, 0.3) is 0 Å². The molecule has 0 saturated carbocycles. The average Bonchev–Trinajstić information content (AvgIpc) is 2.99. The van der Waals surface area contributed by atoms with Crippen molar-refractivity contribution in [3.63, 3.8) is 0 Å². The molecule has 5 nitrogen and oxygen atoms in total. The number of carbonyl (C=O) groups excluding carboxylic acids is 1. The van der Waals surface area contributed by atoms with E-state index < -0.39 is 23.9 Å². The van der Waals surface area contributed by atoms with Crippen LogP contribution in [0.4, 0.5) is 0 Å². The Bertz CT molecular complexity index is 400. The molecule has 3 aliphatic rings. The van der Waals surface area contributed by atoms with Gasteiger partial charge >= 0.3 is 5.97 Å². The molecule has 1 N–H and O–H groups in total. The van der Waals surface area contributed by atoms with Gasteiger partial charge in [0.2, 0.25) is 5.91 Å². The number of nitrogens with zero attached hydrogens (tertiary/aromatic N) is 1. The van der Waals surface area contributed by atoms with E-state index in [1.807, 2.05) is 11.0 Å². The first-order chi connectivity index (χ1) is 8.68. The molecule has 5 heteroatoms. The summed E-state index contributed by atoms with van der Waals surface area (Å²) in [5.74, 6) is -2.22. The lowest BCUT2D eigenvalue weighted by atomic mass is 9.82. The first-order valence-corrected chi connectivity index (χ1v) is 6.54. The summed E-state index contributed by atoms with van der Waals surface area (Å²) in [6.45, 7) is 1.51. The van der Waals surface area contributed by atoms with Gasteiger partial charge in [0.1, 0.15) is 5.92 Å². The van der Waals surface area contributed by atoms with E-state index in [-0.39, 0.29) is 12.0 Å². The molecule has 0 radical (unpaired) electrons. The maximum atomic E-state index is 12.5. The summed E-state index contributed by atoms with van der Waals surface area (Å²) in [5.41, 5.74) is 0. The quantitative estimate of drug-likeness (QED) is 0.732. The molecular formula is C13H17NO4. The lowest BCUT2D eigenvalue weighted by molar-refractivity contribution is -0.149. The van der Waals surface area contributed by atoms with E-state index in [9.17, 15) is 14.7 Å². The maximum absolute atomic E-state index is 12.5. The van der Waals surface area contributed by atoms with Gasteiger partial charge in [0.15, 0.2) is 0 Å². The van der Waals surface area contributed by atoms with Crippen LogP contribution in [-0.2, 0) is 14.3 Å². The molecule has 18 heavy (non-hydrogen) atoms. The second-order valence-electron chi connectivity index (χ2n) is 5.23. The van der Waals surface area contributed by atoms with Crippen LogP contribution in [0.5, 0.6) is 0 Å². The van der Waals surface area contributed by atoms with E-state index in [0.717, 1.165) is 32.4 Å². The molecule has 0 aromatic heterocycles. The molecule has 0 aromatic rings. The van der Waals surface area contributed by atoms with Gasteiger partial charge < -0.3 is 14.7 Å². The third-order valence-electron chi connectivity index (χ3n) is 4.14. The number of aliphatic carboxylic acids is 1. The van der Waals surface area contributed by atoms with Crippen LogP contribution in [0.2, 0.25) is 0 Å². The average molecular weight is 251 g/mol. The Morgan fingerprint density at radius 2 is 1.67 bits per heavy atom. The Balaban J connectivity index is 1.79. The van der Waals surface area contributed by atoms with E-state index >= 15 is 0 Å². The summed E-state index contributed by atoms with van der Waals surface area (Å²) in [5, 5.41) is 9.27. The van der Waals surface area contributed by atoms with Crippen molar-refractivity contribution >= 4 is 11.9 Å². The molecule has 3 aliphatic heterocycles. The zero-order valence-electron chi connectivity index (χ0n) is 10.1. The van der Waals surface area contributed by atoms with E-state index in [4.69, 9.17) is 4.74 Å². The topological polar surface area (TPSA) is 66.8 Å². The zero-order chi connectivity index (χ0) is 12.7. The number of hydrogen-bond acceptors (Lipinski definition) is 3. The minimum absolute atomic E-state index is 0.0426. The van der Waals surface area contributed by atoms with Crippen molar-refractivity contribution < 1.29 is 19.4 Å². The number of rotatable bonds is 2. The molecule has 1 amide bonds. The van der Waals surface area contributed by atoms with Crippen LogP contribution in [-0.4, -0.2) is 47.2 Å². The molecule has 0 spiro atoms. The molecule has 98 valence electrons. The molecule has 0 unspecified atom stereocenters. The summed E-state index contributed by atoms with van der Waals surface area (Å²) < 4.78 is 5.53. The van der Waals surface area contributed by atoms with Crippen LogP contribution in [0.15, 0.2) is 12.2 Å². The van der Waals surface area contributed by atoms with E-state index in [1.165, 1.54) is 0 Å². The number of piperidine rings is 1. The van der Waals surface area contributed by atoms with Crippen molar-refractivity contribution in [3.8, 4) is 0 Å². The number of amides is 1. The van der Waals surface area contributed by atoms with Gasteiger partial charge in [0.05, 0.1) is 18.1 Å². The highest BCUT2D eigenvalue weighted by atomic mass is 16.5. The minimum Gasteiger partial charge on any atom is -0.481 e. The number of ether oxygens (including phenoxy) is 1. The number of carbonyl (C=O) groups is 2. The van der Waals surface area contributed by atoms with Crippen molar-refractivity contribution in [3.05, 3.63) is 12.2 Å². The van der Waals surface area contributed by atoms with Crippen LogP contribution < -0.4 is 0 Å². The highest BCUT2D eigenvalue weighted by Crippen LogP contribution is 2.40. The van der Waals surface area contributed by atoms with Crippen molar-refractivity contribution in [1.29, 1.82) is 0 Å². The van der Waals surface area contributed by atoms with Gasteiger partial charge in [0, 0.05) is 13.1 Å². The monoisotopic (exact) mass is 251 g/mol. The SMILES string of the molecule is O=C(O)[C@@H]1[C@@H](C(=O)N2CCCCC2)[C@H]2C=C[C@@H]1O2. The fourth-order valence-electron chi connectivity index (χ4n) is 3.22. The van der Waals surface area contributed by atoms with Gasteiger partial charge in [-0.25, -0.2) is 0 Å². The fourth-order valence-corrected chi connectivity index (χ4v) is 3.22. The van der Waals surface area contributed by atoms with Gasteiger partial charge in [-0.1, -0.05) is 12.2 Å². The molecule has 2 fully saturated rings. The number of likely N-dealkylation sites (tertiary alicyclic amines) is 1. The second-order valence-corrected chi connectivity index (χ2v) is 5.23. The standard InChI is InChI=1S/C13H17NO4/c15-12(14-6-2-1-3-7-14)10-8-4-5-9(18-8)11(10)13(16)17/h4-5,8-11H,1-3,6-7H2,(H,16,17)/t8-,9+,10+,11+/m1/s1. The molecule has 3 heterocycles.